The number of carbonyl (C=O) groups excluding carboxylic acids is 1. The highest BCUT2D eigenvalue weighted by molar-refractivity contribution is 9.10. The van der Waals surface area contributed by atoms with Gasteiger partial charge in [0.15, 0.2) is 11.8 Å². The van der Waals surface area contributed by atoms with Gasteiger partial charge in [0.25, 0.3) is 5.91 Å². The van der Waals surface area contributed by atoms with Crippen LogP contribution in [-0.2, 0) is 4.79 Å². The van der Waals surface area contributed by atoms with Crippen molar-refractivity contribution in [2.75, 3.05) is 13.7 Å². The van der Waals surface area contributed by atoms with Crippen LogP contribution in [0.2, 0.25) is 0 Å². The minimum Gasteiger partial charge on any atom is -0.494 e. The lowest BCUT2D eigenvalue weighted by molar-refractivity contribution is -0.115. The van der Waals surface area contributed by atoms with Crippen LogP contribution in [0.25, 0.3) is 6.08 Å². The minimum absolute atomic E-state index is 0.0718. The van der Waals surface area contributed by atoms with Crippen LogP contribution < -0.4 is 14.8 Å². The fourth-order valence-electron chi connectivity index (χ4n) is 2.33. The molecule has 1 N–H and O–H groups in total. The molecule has 1 aliphatic heterocycles. The molecule has 0 unspecified atom stereocenters. The van der Waals surface area contributed by atoms with E-state index in [2.05, 4.69) is 26.2 Å². The molecule has 1 saturated heterocycles. The van der Waals surface area contributed by atoms with E-state index in [1.54, 1.807) is 25.3 Å². The Morgan fingerprint density at radius 3 is 2.89 bits per heavy atom. The number of methoxy groups -OCH3 is 1. The average molecular weight is 444 g/mol. The molecule has 1 amide bonds. The highest BCUT2D eigenvalue weighted by Gasteiger charge is 2.24. The van der Waals surface area contributed by atoms with Gasteiger partial charge in [0, 0.05) is 10.0 Å². The van der Waals surface area contributed by atoms with E-state index < -0.39 is 0 Å². The van der Waals surface area contributed by atoms with Crippen LogP contribution in [-0.4, -0.2) is 24.8 Å². The Morgan fingerprint density at radius 1 is 1.30 bits per heavy atom. The molecule has 6 nitrogen and oxygen atoms in total. The fourth-order valence-corrected chi connectivity index (χ4v) is 3.53. The first-order chi connectivity index (χ1) is 13.1. The summed E-state index contributed by atoms with van der Waals surface area (Å²) in [5.41, 5.74) is 1.32. The molecule has 136 valence electrons. The van der Waals surface area contributed by atoms with Crippen LogP contribution in [0.4, 0.5) is 5.69 Å². The van der Waals surface area contributed by atoms with Crippen molar-refractivity contribution in [1.29, 1.82) is 5.26 Å². The third-order valence-corrected chi connectivity index (χ3v) is 4.91. The van der Waals surface area contributed by atoms with Gasteiger partial charge < -0.3 is 14.8 Å². The smallest absolute Gasteiger partial charge is 0.264 e. The fraction of sp³-hybridized carbons (Fsp3) is 0.105. The molecule has 0 aromatic heterocycles. The Balaban J connectivity index is 1.89. The van der Waals surface area contributed by atoms with Crippen molar-refractivity contribution in [3.05, 3.63) is 57.4 Å². The third-order valence-electron chi connectivity index (χ3n) is 3.51. The van der Waals surface area contributed by atoms with E-state index in [1.165, 1.54) is 11.8 Å². The normalized spacial score (nSPS) is 16.3. The van der Waals surface area contributed by atoms with E-state index in [0.717, 1.165) is 4.47 Å². The van der Waals surface area contributed by atoms with Crippen molar-refractivity contribution in [1.82, 2.24) is 5.32 Å². The largest absolute Gasteiger partial charge is 0.494 e. The topological polar surface area (TPSA) is 83.7 Å². The second-order valence-electron chi connectivity index (χ2n) is 5.28. The van der Waals surface area contributed by atoms with Crippen LogP contribution in [0, 0.1) is 11.3 Å². The minimum atomic E-state index is -0.250. The standard InChI is InChI=1S/C19H14BrN3O3S/c1-25-16-5-3-2-4-14(16)22-19-23-18(24)17(27-19)11-12-10-13(20)6-7-15(12)26-9-8-21/h2-7,10-11H,9H2,1H3,(H,22,23,24). The second kappa shape index (κ2) is 8.75. The lowest BCUT2D eigenvalue weighted by Gasteiger charge is -2.07. The maximum absolute atomic E-state index is 12.3. The molecule has 0 spiro atoms. The van der Waals surface area contributed by atoms with Crippen LogP contribution in [0.3, 0.4) is 0 Å². The molecule has 0 saturated carbocycles. The Labute approximate surface area is 169 Å². The first-order valence-corrected chi connectivity index (χ1v) is 9.43. The van der Waals surface area contributed by atoms with Gasteiger partial charge >= 0.3 is 0 Å². The van der Waals surface area contributed by atoms with Crippen molar-refractivity contribution in [3.8, 4) is 17.6 Å². The number of ether oxygens (including phenoxy) is 2. The number of nitrogens with one attached hydrogen (secondary N) is 1. The number of hydrogen-bond acceptors (Lipinski definition) is 6. The number of nitrogens with zero attached hydrogens (tertiary/aromatic N) is 2. The van der Waals surface area contributed by atoms with Gasteiger partial charge in [-0.25, -0.2) is 4.99 Å². The number of nitriles is 1. The molecule has 2 aromatic carbocycles. The maximum Gasteiger partial charge on any atom is 0.264 e. The molecule has 0 aliphatic carbocycles. The van der Waals surface area contributed by atoms with E-state index in [4.69, 9.17) is 14.7 Å². The van der Waals surface area contributed by atoms with Crippen LogP contribution in [0.1, 0.15) is 5.56 Å². The summed E-state index contributed by atoms with van der Waals surface area (Å²) in [4.78, 5) is 17.3. The number of aliphatic imine (C=N–C) groups is 1. The maximum atomic E-state index is 12.3. The Morgan fingerprint density at radius 2 is 2.11 bits per heavy atom. The summed E-state index contributed by atoms with van der Waals surface area (Å²) >= 11 is 4.63. The Bertz CT molecular complexity index is 982. The molecule has 3 rings (SSSR count). The molecular formula is C19H14BrN3O3S. The summed E-state index contributed by atoms with van der Waals surface area (Å²) in [5, 5.41) is 11.9. The van der Waals surface area contributed by atoms with Gasteiger partial charge in [0.05, 0.1) is 12.0 Å². The number of amides is 1. The van der Waals surface area contributed by atoms with Gasteiger partial charge in [-0.1, -0.05) is 28.1 Å². The van der Waals surface area contributed by atoms with E-state index in [-0.39, 0.29) is 12.5 Å². The van der Waals surface area contributed by atoms with Crippen LogP contribution in [0.5, 0.6) is 11.5 Å². The summed E-state index contributed by atoms with van der Waals surface area (Å²) in [7, 11) is 1.57. The Hall–Kier alpha value is -2.76. The van der Waals surface area contributed by atoms with E-state index in [1.807, 2.05) is 36.4 Å². The molecule has 0 radical (unpaired) electrons. The van der Waals surface area contributed by atoms with E-state index in [0.29, 0.717) is 32.8 Å². The zero-order chi connectivity index (χ0) is 19.2. The molecule has 1 aliphatic rings. The predicted octanol–water partition coefficient (Wildman–Crippen LogP) is 4.25. The van der Waals surface area contributed by atoms with Gasteiger partial charge in [0.2, 0.25) is 0 Å². The average Bonchev–Trinajstić information content (AvgIpc) is 3.00. The zero-order valence-electron chi connectivity index (χ0n) is 14.2. The van der Waals surface area contributed by atoms with Crippen molar-refractivity contribution in [3.63, 3.8) is 0 Å². The van der Waals surface area contributed by atoms with Gasteiger partial charge in [0.1, 0.15) is 23.3 Å². The molecule has 27 heavy (non-hydrogen) atoms. The first kappa shape index (κ1) is 19.0. The number of thioether (sulfide) groups is 1. The lowest BCUT2D eigenvalue weighted by atomic mass is 10.2. The second-order valence-corrected chi connectivity index (χ2v) is 7.23. The van der Waals surface area contributed by atoms with E-state index in [9.17, 15) is 4.79 Å². The summed E-state index contributed by atoms with van der Waals surface area (Å²) in [6, 6.07) is 14.6. The third kappa shape index (κ3) is 4.70. The summed E-state index contributed by atoms with van der Waals surface area (Å²) in [6.45, 7) is -0.0718. The SMILES string of the molecule is COc1ccccc1N=C1NC(=O)C(=Cc2cc(Br)ccc2OCC#N)S1. The molecule has 1 fully saturated rings. The highest BCUT2D eigenvalue weighted by atomic mass is 79.9. The van der Waals surface area contributed by atoms with Crippen LogP contribution in [0.15, 0.2) is 56.8 Å². The number of benzene rings is 2. The number of amidine groups is 1. The number of para-hydroxylation sites is 2. The van der Waals surface area contributed by atoms with E-state index >= 15 is 0 Å². The summed E-state index contributed by atoms with van der Waals surface area (Å²) in [5.74, 6) is 0.895. The molecule has 0 bridgehead atoms. The van der Waals surface area contributed by atoms with Crippen molar-refractivity contribution in [2.45, 2.75) is 0 Å². The molecule has 0 atom stereocenters. The quantitative estimate of drug-likeness (QED) is 0.698. The van der Waals surface area contributed by atoms with Crippen molar-refractivity contribution in [2.24, 2.45) is 4.99 Å². The monoisotopic (exact) mass is 443 g/mol. The van der Waals surface area contributed by atoms with Gasteiger partial charge in [-0.05, 0) is 48.2 Å². The Kier molecular flexibility index (Phi) is 6.16. The number of hydrogen-bond donors (Lipinski definition) is 1. The number of rotatable bonds is 5. The summed E-state index contributed by atoms with van der Waals surface area (Å²) < 4.78 is 11.5. The van der Waals surface area contributed by atoms with Gasteiger partial charge in [-0.3, -0.25) is 4.79 Å². The molecular weight excluding hydrogens is 430 g/mol. The highest BCUT2D eigenvalue weighted by Crippen LogP contribution is 2.33. The predicted molar refractivity (Wildman–Crippen MR) is 109 cm³/mol. The van der Waals surface area contributed by atoms with Gasteiger partial charge in [-0.15, -0.1) is 0 Å². The van der Waals surface area contributed by atoms with Gasteiger partial charge in [-0.2, -0.15) is 5.26 Å². The first-order valence-electron chi connectivity index (χ1n) is 7.82. The molecule has 8 heteroatoms. The lowest BCUT2D eigenvalue weighted by Crippen LogP contribution is -2.19. The van der Waals surface area contributed by atoms with Crippen molar-refractivity contribution >= 4 is 50.5 Å². The van der Waals surface area contributed by atoms with Crippen LogP contribution >= 0.6 is 27.7 Å². The molecule has 1 heterocycles. The van der Waals surface area contributed by atoms with Crippen molar-refractivity contribution < 1.29 is 14.3 Å². The number of halogens is 1. The number of carbonyl (C=O) groups is 1. The molecule has 2 aromatic rings. The zero-order valence-corrected chi connectivity index (χ0v) is 16.6. The summed E-state index contributed by atoms with van der Waals surface area (Å²) in [6.07, 6.45) is 1.71.